The molecule has 1 saturated heterocycles. The molecule has 0 radical (unpaired) electrons. The SMILES string of the molecule is COCCN(C(C)COC)C1(CN)CCCS(=O)(=O)C1. The van der Waals surface area contributed by atoms with Gasteiger partial charge in [0.1, 0.15) is 0 Å². The highest BCUT2D eigenvalue weighted by atomic mass is 32.2. The Hall–Kier alpha value is -0.210. The van der Waals surface area contributed by atoms with Crippen molar-refractivity contribution in [3.05, 3.63) is 0 Å². The summed E-state index contributed by atoms with van der Waals surface area (Å²) in [5.74, 6) is 0.403. The highest BCUT2D eigenvalue weighted by molar-refractivity contribution is 7.91. The van der Waals surface area contributed by atoms with Gasteiger partial charge in [-0.15, -0.1) is 0 Å². The quantitative estimate of drug-likeness (QED) is 0.673. The lowest BCUT2D eigenvalue weighted by molar-refractivity contribution is 0.00344. The molecule has 0 aromatic rings. The molecule has 1 aliphatic heterocycles. The van der Waals surface area contributed by atoms with E-state index in [-0.39, 0.29) is 17.5 Å². The molecule has 0 amide bonds. The van der Waals surface area contributed by atoms with Crippen molar-refractivity contribution >= 4 is 9.84 Å². The van der Waals surface area contributed by atoms with Crippen LogP contribution >= 0.6 is 0 Å². The Balaban J connectivity index is 2.99. The molecule has 1 fully saturated rings. The van der Waals surface area contributed by atoms with E-state index in [0.717, 1.165) is 6.42 Å². The number of rotatable bonds is 8. The van der Waals surface area contributed by atoms with Crippen LogP contribution in [-0.4, -0.2) is 76.9 Å². The Morgan fingerprint density at radius 2 is 2.05 bits per heavy atom. The van der Waals surface area contributed by atoms with Gasteiger partial charge in [-0.2, -0.15) is 0 Å². The van der Waals surface area contributed by atoms with Crippen LogP contribution < -0.4 is 5.73 Å². The lowest BCUT2D eigenvalue weighted by Gasteiger charge is -2.48. The van der Waals surface area contributed by atoms with Crippen molar-refractivity contribution in [2.45, 2.75) is 31.3 Å². The van der Waals surface area contributed by atoms with Crippen LogP contribution in [0.2, 0.25) is 0 Å². The Morgan fingerprint density at radius 1 is 1.35 bits per heavy atom. The number of methoxy groups -OCH3 is 2. The van der Waals surface area contributed by atoms with Crippen LogP contribution in [0.25, 0.3) is 0 Å². The second-order valence-corrected chi connectivity index (χ2v) is 7.80. The summed E-state index contributed by atoms with van der Waals surface area (Å²) < 4.78 is 34.5. The molecule has 0 aliphatic carbocycles. The van der Waals surface area contributed by atoms with Gasteiger partial charge in [0.2, 0.25) is 0 Å². The molecule has 6 nitrogen and oxygen atoms in total. The highest BCUT2D eigenvalue weighted by Crippen LogP contribution is 2.30. The minimum absolute atomic E-state index is 0.104. The zero-order chi connectivity index (χ0) is 15.2. The molecule has 20 heavy (non-hydrogen) atoms. The Labute approximate surface area is 122 Å². The Bertz CT molecular complexity index is 388. The highest BCUT2D eigenvalue weighted by Gasteiger charge is 2.44. The molecule has 0 bridgehead atoms. The number of nitrogens with two attached hydrogens (primary N) is 1. The summed E-state index contributed by atoms with van der Waals surface area (Å²) in [5.41, 5.74) is 5.49. The van der Waals surface area contributed by atoms with Gasteiger partial charge in [-0.25, -0.2) is 8.42 Å². The van der Waals surface area contributed by atoms with Crippen molar-refractivity contribution in [2.24, 2.45) is 5.73 Å². The van der Waals surface area contributed by atoms with Gasteiger partial charge in [0, 0.05) is 38.9 Å². The topological polar surface area (TPSA) is 81.9 Å². The first-order valence-corrected chi connectivity index (χ1v) is 8.88. The predicted octanol–water partition coefficient (Wildman–Crippen LogP) is -0.124. The number of sulfone groups is 1. The zero-order valence-corrected chi connectivity index (χ0v) is 13.6. The summed E-state index contributed by atoms with van der Waals surface area (Å²) >= 11 is 0. The van der Waals surface area contributed by atoms with Crippen molar-refractivity contribution in [1.82, 2.24) is 4.90 Å². The maximum Gasteiger partial charge on any atom is 0.152 e. The molecule has 1 aliphatic rings. The van der Waals surface area contributed by atoms with E-state index in [2.05, 4.69) is 4.90 Å². The number of hydrogen-bond donors (Lipinski definition) is 1. The summed E-state index contributed by atoms with van der Waals surface area (Å²) in [6.45, 7) is 4.14. The lowest BCUT2D eigenvalue weighted by atomic mass is 9.91. The summed E-state index contributed by atoms with van der Waals surface area (Å²) in [7, 11) is 0.271. The molecule has 0 saturated carbocycles. The fourth-order valence-corrected chi connectivity index (χ4v) is 5.10. The summed E-state index contributed by atoms with van der Waals surface area (Å²) in [4.78, 5) is 2.16. The zero-order valence-electron chi connectivity index (χ0n) is 12.8. The molecule has 1 heterocycles. The summed E-state index contributed by atoms with van der Waals surface area (Å²) in [6.07, 6.45) is 1.48. The summed E-state index contributed by atoms with van der Waals surface area (Å²) in [6, 6.07) is 0.104. The monoisotopic (exact) mass is 308 g/mol. The Morgan fingerprint density at radius 3 is 2.55 bits per heavy atom. The van der Waals surface area contributed by atoms with E-state index in [4.69, 9.17) is 15.2 Å². The molecule has 0 spiro atoms. The third-order valence-electron chi connectivity index (χ3n) is 4.05. The second kappa shape index (κ2) is 7.70. The van der Waals surface area contributed by atoms with E-state index in [0.29, 0.717) is 32.7 Å². The third kappa shape index (κ3) is 4.39. The van der Waals surface area contributed by atoms with Crippen LogP contribution in [0, 0.1) is 0 Å². The molecule has 1 rings (SSSR count). The van der Waals surface area contributed by atoms with E-state index in [1.54, 1.807) is 14.2 Å². The predicted molar refractivity (Wildman–Crippen MR) is 79.6 cm³/mol. The van der Waals surface area contributed by atoms with E-state index in [1.165, 1.54) is 0 Å². The molecule has 2 N–H and O–H groups in total. The van der Waals surface area contributed by atoms with Crippen molar-refractivity contribution < 1.29 is 17.9 Å². The molecule has 120 valence electrons. The van der Waals surface area contributed by atoms with Gasteiger partial charge in [-0.05, 0) is 19.8 Å². The van der Waals surface area contributed by atoms with Crippen molar-refractivity contribution in [2.75, 3.05) is 52.0 Å². The van der Waals surface area contributed by atoms with Gasteiger partial charge in [-0.3, -0.25) is 4.90 Å². The van der Waals surface area contributed by atoms with Crippen LogP contribution in [0.15, 0.2) is 0 Å². The summed E-state index contributed by atoms with van der Waals surface area (Å²) in [5, 5.41) is 0. The molecule has 2 unspecified atom stereocenters. The maximum atomic E-state index is 12.0. The standard InChI is InChI=1S/C13H28N2O4S/c1-12(9-19-3)15(6-7-18-2)13(10-14)5-4-8-20(16,17)11-13/h12H,4-11,14H2,1-3H3. The average molecular weight is 308 g/mol. The van der Waals surface area contributed by atoms with Crippen LogP contribution in [-0.2, 0) is 19.3 Å². The number of ether oxygens (including phenoxy) is 2. The first kappa shape index (κ1) is 17.8. The van der Waals surface area contributed by atoms with Gasteiger partial charge in [0.25, 0.3) is 0 Å². The van der Waals surface area contributed by atoms with Crippen LogP contribution in [0.3, 0.4) is 0 Å². The van der Waals surface area contributed by atoms with Crippen molar-refractivity contribution in [1.29, 1.82) is 0 Å². The van der Waals surface area contributed by atoms with Crippen LogP contribution in [0.4, 0.5) is 0 Å². The van der Waals surface area contributed by atoms with Crippen molar-refractivity contribution in [3.63, 3.8) is 0 Å². The van der Waals surface area contributed by atoms with Gasteiger partial charge >= 0.3 is 0 Å². The first-order valence-electron chi connectivity index (χ1n) is 7.06. The van der Waals surface area contributed by atoms with E-state index >= 15 is 0 Å². The average Bonchev–Trinajstić information content (AvgIpc) is 2.38. The molecular formula is C13H28N2O4S. The molecule has 7 heteroatoms. The Kier molecular flexibility index (Phi) is 6.87. The van der Waals surface area contributed by atoms with Crippen LogP contribution in [0.1, 0.15) is 19.8 Å². The molecular weight excluding hydrogens is 280 g/mol. The third-order valence-corrected chi connectivity index (χ3v) is 5.94. The van der Waals surface area contributed by atoms with E-state index < -0.39 is 15.4 Å². The molecule has 2 atom stereocenters. The maximum absolute atomic E-state index is 12.0. The van der Waals surface area contributed by atoms with Gasteiger partial charge in [0.05, 0.1) is 24.7 Å². The van der Waals surface area contributed by atoms with E-state index in [1.807, 2.05) is 6.92 Å². The molecule has 0 aromatic heterocycles. The van der Waals surface area contributed by atoms with Crippen molar-refractivity contribution in [3.8, 4) is 0 Å². The smallest absolute Gasteiger partial charge is 0.152 e. The second-order valence-electron chi connectivity index (χ2n) is 5.61. The van der Waals surface area contributed by atoms with Gasteiger partial charge < -0.3 is 15.2 Å². The van der Waals surface area contributed by atoms with Gasteiger partial charge in [0.15, 0.2) is 9.84 Å². The fraction of sp³-hybridized carbons (Fsp3) is 1.00. The lowest BCUT2D eigenvalue weighted by Crippen LogP contribution is -2.63. The number of nitrogens with zero attached hydrogens (tertiary/aromatic N) is 1. The number of hydrogen-bond acceptors (Lipinski definition) is 6. The first-order chi connectivity index (χ1) is 9.40. The normalized spacial score (nSPS) is 27.6. The minimum atomic E-state index is -3.02. The van der Waals surface area contributed by atoms with E-state index in [9.17, 15) is 8.42 Å². The molecule has 0 aromatic carbocycles. The van der Waals surface area contributed by atoms with Gasteiger partial charge in [-0.1, -0.05) is 0 Å². The largest absolute Gasteiger partial charge is 0.383 e. The van der Waals surface area contributed by atoms with Crippen LogP contribution in [0.5, 0.6) is 0 Å². The fourth-order valence-electron chi connectivity index (χ4n) is 3.13. The minimum Gasteiger partial charge on any atom is -0.383 e.